The lowest BCUT2D eigenvalue weighted by molar-refractivity contribution is -0.132. The van der Waals surface area contributed by atoms with Crippen LogP contribution in [0, 0.1) is 0 Å². The standard InChI is InChI=1S/C23H23N5O2/c29-21(13-12-20-26-23(27-30-20)16-7-2-1-3-8-16)28-14-6-9-17(15-28)22-24-18-10-4-5-11-19(18)25-22/h1-5,7-8,10-11,17H,6,9,12-15H2,(H,24,25). The molecule has 3 heterocycles. The molecule has 1 N–H and O–H groups in total. The zero-order valence-electron chi connectivity index (χ0n) is 16.6. The van der Waals surface area contributed by atoms with Crippen LogP contribution in [0.5, 0.6) is 0 Å². The summed E-state index contributed by atoms with van der Waals surface area (Å²) in [5.41, 5.74) is 2.92. The number of nitrogens with one attached hydrogen (secondary N) is 1. The van der Waals surface area contributed by atoms with E-state index < -0.39 is 0 Å². The number of carbonyl (C=O) groups excluding carboxylic acids is 1. The summed E-state index contributed by atoms with van der Waals surface area (Å²) in [6, 6.07) is 17.7. The van der Waals surface area contributed by atoms with Gasteiger partial charge in [-0.15, -0.1) is 0 Å². The Morgan fingerprint density at radius 3 is 2.80 bits per heavy atom. The number of aryl methyl sites for hydroxylation is 1. The smallest absolute Gasteiger partial charge is 0.227 e. The summed E-state index contributed by atoms with van der Waals surface area (Å²) in [5.74, 6) is 2.38. The first-order chi connectivity index (χ1) is 14.8. The third-order valence-electron chi connectivity index (χ3n) is 5.62. The molecule has 2 aromatic carbocycles. The third-order valence-corrected chi connectivity index (χ3v) is 5.62. The molecule has 30 heavy (non-hydrogen) atoms. The number of aromatic amines is 1. The first-order valence-corrected chi connectivity index (χ1v) is 10.4. The SMILES string of the molecule is O=C(CCc1nc(-c2ccccc2)no1)N1CCCC(c2nc3ccccc3[nH]2)C1. The molecule has 0 bridgehead atoms. The number of aromatic nitrogens is 4. The maximum atomic E-state index is 12.8. The minimum absolute atomic E-state index is 0.121. The zero-order valence-corrected chi connectivity index (χ0v) is 16.6. The molecule has 7 nitrogen and oxygen atoms in total. The molecule has 0 saturated carbocycles. The molecule has 1 aliphatic rings. The minimum Gasteiger partial charge on any atom is -0.342 e. The van der Waals surface area contributed by atoms with Crippen LogP contribution < -0.4 is 0 Å². The lowest BCUT2D eigenvalue weighted by Crippen LogP contribution is -2.39. The molecule has 1 fully saturated rings. The van der Waals surface area contributed by atoms with Crippen LogP contribution in [0.3, 0.4) is 0 Å². The van der Waals surface area contributed by atoms with E-state index in [1.165, 1.54) is 0 Å². The molecule has 2 aromatic heterocycles. The first kappa shape index (κ1) is 18.5. The van der Waals surface area contributed by atoms with Gasteiger partial charge in [0, 0.05) is 37.4 Å². The molecule has 4 aromatic rings. The molecule has 0 aliphatic carbocycles. The minimum atomic E-state index is 0.121. The molecule has 1 aliphatic heterocycles. The van der Waals surface area contributed by atoms with Gasteiger partial charge < -0.3 is 14.4 Å². The third kappa shape index (κ3) is 3.83. The van der Waals surface area contributed by atoms with E-state index in [4.69, 9.17) is 9.51 Å². The predicted octanol–water partition coefficient (Wildman–Crippen LogP) is 3.95. The number of piperidine rings is 1. The van der Waals surface area contributed by atoms with Gasteiger partial charge in [-0.25, -0.2) is 4.98 Å². The number of nitrogens with zero attached hydrogens (tertiary/aromatic N) is 4. The monoisotopic (exact) mass is 401 g/mol. The quantitative estimate of drug-likeness (QED) is 0.547. The molecule has 7 heteroatoms. The van der Waals surface area contributed by atoms with Crippen LogP contribution in [0.25, 0.3) is 22.4 Å². The van der Waals surface area contributed by atoms with Crippen LogP contribution in [0.15, 0.2) is 59.1 Å². The second kappa shape index (κ2) is 8.10. The number of hydrogen-bond acceptors (Lipinski definition) is 5. The second-order valence-corrected chi connectivity index (χ2v) is 7.70. The summed E-state index contributed by atoms with van der Waals surface area (Å²) in [6.45, 7) is 1.48. The van der Waals surface area contributed by atoms with Crippen molar-refractivity contribution >= 4 is 16.9 Å². The van der Waals surface area contributed by atoms with Gasteiger partial charge in [-0.3, -0.25) is 4.79 Å². The number of para-hydroxylation sites is 2. The van der Waals surface area contributed by atoms with Crippen LogP contribution in [-0.4, -0.2) is 44.0 Å². The summed E-state index contributed by atoms with van der Waals surface area (Å²) in [6.07, 6.45) is 2.83. The van der Waals surface area contributed by atoms with Gasteiger partial charge in [-0.05, 0) is 25.0 Å². The van der Waals surface area contributed by atoms with Gasteiger partial charge in [0.15, 0.2) is 0 Å². The van der Waals surface area contributed by atoms with Crippen molar-refractivity contribution in [2.45, 2.75) is 31.6 Å². The van der Waals surface area contributed by atoms with E-state index in [9.17, 15) is 4.79 Å². The first-order valence-electron chi connectivity index (χ1n) is 10.4. The maximum Gasteiger partial charge on any atom is 0.227 e. The van der Waals surface area contributed by atoms with Crippen molar-refractivity contribution in [2.75, 3.05) is 13.1 Å². The summed E-state index contributed by atoms with van der Waals surface area (Å²) >= 11 is 0. The van der Waals surface area contributed by atoms with E-state index in [1.807, 2.05) is 59.5 Å². The molecule has 1 saturated heterocycles. The van der Waals surface area contributed by atoms with Crippen molar-refractivity contribution in [3.8, 4) is 11.4 Å². The Kier molecular flexibility index (Phi) is 5.01. The van der Waals surface area contributed by atoms with E-state index in [2.05, 4.69) is 15.1 Å². The second-order valence-electron chi connectivity index (χ2n) is 7.70. The number of likely N-dealkylation sites (tertiary alicyclic amines) is 1. The Morgan fingerprint density at radius 2 is 1.93 bits per heavy atom. The van der Waals surface area contributed by atoms with Crippen molar-refractivity contribution in [3.63, 3.8) is 0 Å². The number of amides is 1. The number of fused-ring (bicyclic) bond motifs is 1. The number of rotatable bonds is 5. The summed E-state index contributed by atoms with van der Waals surface area (Å²) in [5, 5.41) is 4.03. The van der Waals surface area contributed by atoms with Crippen molar-refractivity contribution in [2.24, 2.45) is 0 Å². The van der Waals surface area contributed by atoms with Crippen LogP contribution >= 0.6 is 0 Å². The van der Waals surface area contributed by atoms with Crippen molar-refractivity contribution < 1.29 is 9.32 Å². The summed E-state index contributed by atoms with van der Waals surface area (Å²) in [7, 11) is 0. The Morgan fingerprint density at radius 1 is 1.10 bits per heavy atom. The highest BCUT2D eigenvalue weighted by atomic mass is 16.5. The average Bonchev–Trinajstić information content (AvgIpc) is 3.45. The average molecular weight is 401 g/mol. The summed E-state index contributed by atoms with van der Waals surface area (Å²) < 4.78 is 5.33. The normalized spacial score (nSPS) is 16.8. The fourth-order valence-corrected chi connectivity index (χ4v) is 4.03. The number of hydrogen-bond donors (Lipinski definition) is 1. The van der Waals surface area contributed by atoms with Crippen molar-refractivity contribution in [1.82, 2.24) is 25.0 Å². The van der Waals surface area contributed by atoms with E-state index in [0.29, 0.717) is 31.1 Å². The molecule has 1 amide bonds. The van der Waals surface area contributed by atoms with Gasteiger partial charge in [0.1, 0.15) is 5.82 Å². The Labute approximate surface area is 174 Å². The van der Waals surface area contributed by atoms with Crippen molar-refractivity contribution in [3.05, 3.63) is 66.3 Å². The van der Waals surface area contributed by atoms with E-state index in [0.717, 1.165) is 41.8 Å². The largest absolute Gasteiger partial charge is 0.342 e. The summed E-state index contributed by atoms with van der Waals surface area (Å²) in [4.78, 5) is 27.3. The molecule has 0 spiro atoms. The maximum absolute atomic E-state index is 12.8. The van der Waals surface area contributed by atoms with E-state index >= 15 is 0 Å². The van der Waals surface area contributed by atoms with Gasteiger partial charge in [0.25, 0.3) is 0 Å². The number of benzene rings is 2. The van der Waals surface area contributed by atoms with Crippen LogP contribution in [0.4, 0.5) is 0 Å². The Hall–Kier alpha value is -3.48. The van der Waals surface area contributed by atoms with Gasteiger partial charge in [-0.2, -0.15) is 4.98 Å². The highest BCUT2D eigenvalue weighted by Gasteiger charge is 2.27. The van der Waals surface area contributed by atoms with Gasteiger partial charge in [0.2, 0.25) is 17.6 Å². The lowest BCUT2D eigenvalue weighted by atomic mass is 9.97. The van der Waals surface area contributed by atoms with Gasteiger partial charge >= 0.3 is 0 Å². The fourth-order valence-electron chi connectivity index (χ4n) is 4.03. The highest BCUT2D eigenvalue weighted by molar-refractivity contribution is 5.77. The van der Waals surface area contributed by atoms with Crippen molar-refractivity contribution in [1.29, 1.82) is 0 Å². The molecule has 152 valence electrons. The lowest BCUT2D eigenvalue weighted by Gasteiger charge is -2.31. The van der Waals surface area contributed by atoms with E-state index in [1.54, 1.807) is 0 Å². The molecule has 5 rings (SSSR count). The zero-order chi connectivity index (χ0) is 20.3. The number of H-pyrrole nitrogens is 1. The predicted molar refractivity (Wildman–Crippen MR) is 113 cm³/mol. The Bertz CT molecular complexity index is 1120. The topological polar surface area (TPSA) is 87.9 Å². The number of imidazole rings is 1. The Balaban J connectivity index is 1.20. The van der Waals surface area contributed by atoms with E-state index in [-0.39, 0.29) is 11.8 Å². The molecule has 0 radical (unpaired) electrons. The molecular weight excluding hydrogens is 378 g/mol. The van der Waals surface area contributed by atoms with Gasteiger partial charge in [-0.1, -0.05) is 47.6 Å². The van der Waals surface area contributed by atoms with Gasteiger partial charge in [0.05, 0.1) is 11.0 Å². The van der Waals surface area contributed by atoms with Crippen LogP contribution in [0.2, 0.25) is 0 Å². The molecular formula is C23H23N5O2. The van der Waals surface area contributed by atoms with Crippen LogP contribution in [0.1, 0.15) is 36.9 Å². The number of carbonyl (C=O) groups is 1. The fraction of sp³-hybridized carbons (Fsp3) is 0.304. The molecule has 1 atom stereocenters. The molecule has 1 unspecified atom stereocenters. The highest BCUT2D eigenvalue weighted by Crippen LogP contribution is 2.27. The van der Waals surface area contributed by atoms with Crippen LogP contribution in [-0.2, 0) is 11.2 Å².